The summed E-state index contributed by atoms with van der Waals surface area (Å²) >= 11 is 7.86. The Morgan fingerprint density at radius 2 is 1.83 bits per heavy atom. The van der Waals surface area contributed by atoms with Crippen LogP contribution in [-0.4, -0.2) is 18.9 Å². The largest absolute Gasteiger partial charge is 0.496 e. The molecule has 0 unspecified atom stereocenters. The van der Waals surface area contributed by atoms with Gasteiger partial charge >= 0.3 is 0 Å². The van der Waals surface area contributed by atoms with Crippen molar-refractivity contribution >= 4 is 52.1 Å². The van der Waals surface area contributed by atoms with Gasteiger partial charge in [-0.15, -0.1) is 0 Å². The van der Waals surface area contributed by atoms with Gasteiger partial charge in [0.15, 0.2) is 0 Å². The number of rotatable bonds is 4. The number of ether oxygens (including phenoxy) is 1. The Kier molecular flexibility index (Phi) is 6.62. The average molecular weight is 457 g/mol. The number of hydrogen-bond acceptors (Lipinski definition) is 3. The summed E-state index contributed by atoms with van der Waals surface area (Å²) in [4.78, 5) is 23.7. The highest BCUT2D eigenvalue weighted by Crippen LogP contribution is 2.21. The molecule has 7 heteroatoms. The van der Waals surface area contributed by atoms with Crippen molar-refractivity contribution in [2.24, 2.45) is 0 Å². The smallest absolute Gasteiger partial charge is 0.269 e. The molecule has 0 heterocycles. The summed E-state index contributed by atoms with van der Waals surface area (Å²) in [7, 11) is 1.56. The van der Waals surface area contributed by atoms with E-state index in [2.05, 4.69) is 33.4 Å². The predicted molar refractivity (Wildman–Crippen MR) is 102 cm³/mol. The van der Waals surface area contributed by atoms with Crippen LogP contribution in [0.3, 0.4) is 0 Å². The van der Waals surface area contributed by atoms with Crippen molar-refractivity contribution in [2.75, 3.05) is 7.11 Å². The number of nitrogens with one attached hydrogen (secondary N) is 2. The molecule has 5 nitrogen and oxygen atoms in total. The monoisotopic (exact) mass is 456 g/mol. The molecule has 0 fully saturated rings. The number of hydrogen-bond donors (Lipinski definition) is 2. The second kappa shape index (κ2) is 8.70. The van der Waals surface area contributed by atoms with Crippen LogP contribution < -0.4 is 15.6 Å². The fourth-order valence-electron chi connectivity index (χ4n) is 1.79. The van der Waals surface area contributed by atoms with E-state index in [1.807, 2.05) is 0 Å². The summed E-state index contributed by atoms with van der Waals surface area (Å²) in [5.74, 6) is -0.174. The Morgan fingerprint density at radius 3 is 2.46 bits per heavy atom. The van der Waals surface area contributed by atoms with Crippen molar-refractivity contribution in [2.45, 2.75) is 0 Å². The molecule has 2 aromatic rings. The fraction of sp³-hybridized carbons (Fsp3) is 0.0588. The Balaban J connectivity index is 1.90. The zero-order valence-corrected chi connectivity index (χ0v) is 15.6. The summed E-state index contributed by atoms with van der Waals surface area (Å²) in [5, 5.41) is 0.623. The van der Waals surface area contributed by atoms with Crippen LogP contribution in [-0.2, 0) is 4.79 Å². The molecule has 0 aromatic heterocycles. The maximum Gasteiger partial charge on any atom is 0.269 e. The maximum absolute atomic E-state index is 12.0. The summed E-state index contributed by atoms with van der Waals surface area (Å²) in [6.45, 7) is 0. The van der Waals surface area contributed by atoms with Crippen LogP contribution in [0.2, 0.25) is 5.02 Å². The minimum atomic E-state index is -0.443. The molecular formula is C17H14ClIN2O3. The molecule has 2 aromatic carbocycles. The van der Waals surface area contributed by atoms with Gasteiger partial charge in [0.2, 0.25) is 0 Å². The molecule has 0 atom stereocenters. The van der Waals surface area contributed by atoms with Gasteiger partial charge in [-0.2, -0.15) is 0 Å². The van der Waals surface area contributed by atoms with Crippen LogP contribution in [0.1, 0.15) is 15.9 Å². The molecule has 0 radical (unpaired) electrons. The van der Waals surface area contributed by atoms with Gasteiger partial charge < -0.3 is 4.74 Å². The van der Waals surface area contributed by atoms with Crippen molar-refractivity contribution in [1.29, 1.82) is 0 Å². The summed E-state index contributed by atoms with van der Waals surface area (Å²) < 4.78 is 5.94. The molecule has 0 aliphatic rings. The van der Waals surface area contributed by atoms with Crippen LogP contribution >= 0.6 is 34.2 Å². The van der Waals surface area contributed by atoms with Gasteiger partial charge in [0.25, 0.3) is 11.8 Å². The minimum Gasteiger partial charge on any atom is -0.496 e. The molecule has 2 amide bonds. The van der Waals surface area contributed by atoms with Gasteiger partial charge in [-0.3, -0.25) is 20.4 Å². The summed E-state index contributed by atoms with van der Waals surface area (Å²) in [5.41, 5.74) is 5.92. The van der Waals surface area contributed by atoms with Crippen LogP contribution in [0, 0.1) is 3.57 Å². The van der Waals surface area contributed by atoms with E-state index >= 15 is 0 Å². The molecule has 2 rings (SSSR count). The van der Waals surface area contributed by atoms with E-state index in [4.69, 9.17) is 16.3 Å². The molecule has 0 spiro atoms. The number of benzene rings is 2. The van der Waals surface area contributed by atoms with Gasteiger partial charge in [0, 0.05) is 16.7 Å². The third-order valence-electron chi connectivity index (χ3n) is 3.01. The highest BCUT2D eigenvalue weighted by molar-refractivity contribution is 14.1. The van der Waals surface area contributed by atoms with Crippen LogP contribution in [0.25, 0.3) is 6.08 Å². The first kappa shape index (κ1) is 18.3. The van der Waals surface area contributed by atoms with Crippen molar-refractivity contribution in [3.63, 3.8) is 0 Å². The molecule has 24 heavy (non-hydrogen) atoms. The lowest BCUT2D eigenvalue weighted by atomic mass is 10.2. The number of halogens is 2. The second-order valence-electron chi connectivity index (χ2n) is 4.68. The van der Waals surface area contributed by atoms with E-state index in [0.717, 1.165) is 9.13 Å². The first-order valence-electron chi connectivity index (χ1n) is 6.87. The number of carbonyl (C=O) groups excluding carboxylic acids is 2. The Hall–Kier alpha value is -2.06. The van der Waals surface area contributed by atoms with E-state index < -0.39 is 11.8 Å². The van der Waals surface area contributed by atoms with E-state index in [1.54, 1.807) is 55.7 Å². The molecule has 0 saturated heterocycles. The van der Waals surface area contributed by atoms with Gasteiger partial charge in [-0.25, -0.2) is 0 Å². The summed E-state index contributed by atoms with van der Waals surface area (Å²) in [6.07, 6.45) is 2.94. The third kappa shape index (κ3) is 5.24. The molecule has 124 valence electrons. The van der Waals surface area contributed by atoms with Crippen LogP contribution in [0.4, 0.5) is 0 Å². The number of amides is 2. The third-order valence-corrected chi connectivity index (χ3v) is 4.11. The predicted octanol–water partition coefficient (Wildman–Crippen LogP) is 3.43. The van der Waals surface area contributed by atoms with Gasteiger partial charge in [0.05, 0.1) is 10.7 Å². The molecule has 0 bridgehead atoms. The highest BCUT2D eigenvalue weighted by Gasteiger charge is 2.09. The average Bonchev–Trinajstić information content (AvgIpc) is 2.59. The topological polar surface area (TPSA) is 67.4 Å². The Labute approximate surface area is 158 Å². The van der Waals surface area contributed by atoms with Crippen LogP contribution in [0.5, 0.6) is 5.75 Å². The van der Waals surface area contributed by atoms with Gasteiger partial charge in [-0.1, -0.05) is 23.7 Å². The first-order chi connectivity index (χ1) is 11.5. The minimum absolute atomic E-state index is 0.413. The zero-order chi connectivity index (χ0) is 17.5. The lowest BCUT2D eigenvalue weighted by molar-refractivity contribution is -0.117. The number of hydrazine groups is 1. The SMILES string of the molecule is COc1ccc(C(=O)NNC(=O)/C=C/c2ccc(Cl)cc2)cc1I. The molecule has 2 N–H and O–H groups in total. The van der Waals surface area contributed by atoms with E-state index in [0.29, 0.717) is 16.3 Å². The van der Waals surface area contributed by atoms with E-state index in [-0.39, 0.29) is 0 Å². The van der Waals surface area contributed by atoms with Crippen molar-refractivity contribution < 1.29 is 14.3 Å². The molecule has 0 aliphatic carbocycles. The Bertz CT molecular complexity index is 776. The maximum atomic E-state index is 12.0. The second-order valence-corrected chi connectivity index (χ2v) is 6.28. The van der Waals surface area contributed by atoms with Crippen molar-refractivity contribution in [1.82, 2.24) is 10.9 Å². The van der Waals surface area contributed by atoms with Crippen LogP contribution in [0.15, 0.2) is 48.5 Å². The van der Waals surface area contributed by atoms with E-state index in [9.17, 15) is 9.59 Å². The Morgan fingerprint density at radius 1 is 1.12 bits per heavy atom. The zero-order valence-electron chi connectivity index (χ0n) is 12.7. The van der Waals surface area contributed by atoms with E-state index in [1.165, 1.54) is 6.08 Å². The molecule has 0 saturated carbocycles. The highest BCUT2D eigenvalue weighted by atomic mass is 127. The van der Waals surface area contributed by atoms with Gasteiger partial charge in [-0.05, 0) is 64.6 Å². The fourth-order valence-corrected chi connectivity index (χ4v) is 2.65. The first-order valence-corrected chi connectivity index (χ1v) is 8.33. The lowest BCUT2D eigenvalue weighted by Crippen LogP contribution is -2.40. The van der Waals surface area contributed by atoms with Gasteiger partial charge in [0.1, 0.15) is 5.75 Å². The quantitative estimate of drug-likeness (QED) is 0.421. The molecule has 0 aliphatic heterocycles. The summed E-state index contributed by atoms with van der Waals surface area (Å²) in [6, 6.07) is 12.0. The van der Waals surface area contributed by atoms with Crippen molar-refractivity contribution in [3.8, 4) is 5.75 Å². The normalized spacial score (nSPS) is 10.5. The lowest BCUT2D eigenvalue weighted by Gasteiger charge is -2.07. The number of methoxy groups -OCH3 is 1. The molecular weight excluding hydrogens is 443 g/mol. The standard InChI is InChI=1S/C17H14ClIN2O3/c1-24-15-8-5-12(10-14(15)19)17(23)21-20-16(22)9-4-11-2-6-13(18)7-3-11/h2-10H,1H3,(H,20,22)(H,21,23)/b9-4+. The number of carbonyl (C=O) groups is 2. The van der Waals surface area contributed by atoms with Crippen molar-refractivity contribution in [3.05, 3.63) is 68.3 Å².